The van der Waals surface area contributed by atoms with Crippen molar-refractivity contribution in [3.63, 3.8) is 0 Å². The van der Waals surface area contributed by atoms with Gasteiger partial charge >= 0.3 is 0 Å². The number of aromatic nitrogens is 4. The van der Waals surface area contributed by atoms with Crippen LogP contribution in [-0.4, -0.2) is 46.2 Å². The molecule has 3 heterocycles. The third-order valence-corrected chi connectivity index (χ3v) is 3.93. The van der Waals surface area contributed by atoms with Gasteiger partial charge in [-0.15, -0.1) is 0 Å². The van der Waals surface area contributed by atoms with E-state index in [2.05, 4.69) is 19.9 Å². The van der Waals surface area contributed by atoms with Crippen molar-refractivity contribution in [3.05, 3.63) is 23.7 Å². The predicted molar refractivity (Wildman–Crippen MR) is 77.9 cm³/mol. The van der Waals surface area contributed by atoms with E-state index in [1.165, 1.54) is 5.56 Å². The standard InChI is InChI=1S/C14H16N6O/c15-13-16-7-9(8-17-13)12-10-1-2-11(10)18-14(19-12)20-3-5-21-6-4-20/h7-8H,1-6H2,(H2,15,16,17). The molecular formula is C14H16N6O. The van der Waals surface area contributed by atoms with Gasteiger partial charge in [0, 0.05) is 36.6 Å². The smallest absolute Gasteiger partial charge is 0.226 e. The lowest BCUT2D eigenvalue weighted by atomic mass is 9.90. The molecule has 1 saturated heterocycles. The molecule has 7 heteroatoms. The molecular weight excluding hydrogens is 268 g/mol. The lowest BCUT2D eigenvalue weighted by Crippen LogP contribution is -2.38. The summed E-state index contributed by atoms with van der Waals surface area (Å²) in [5.74, 6) is 1.06. The van der Waals surface area contributed by atoms with Crippen LogP contribution in [0.1, 0.15) is 11.3 Å². The summed E-state index contributed by atoms with van der Waals surface area (Å²) in [5, 5.41) is 0. The Morgan fingerprint density at radius 2 is 1.81 bits per heavy atom. The van der Waals surface area contributed by atoms with Crippen LogP contribution in [0.3, 0.4) is 0 Å². The van der Waals surface area contributed by atoms with Gasteiger partial charge in [0.25, 0.3) is 0 Å². The minimum absolute atomic E-state index is 0.278. The van der Waals surface area contributed by atoms with E-state index < -0.39 is 0 Å². The highest BCUT2D eigenvalue weighted by molar-refractivity contribution is 5.66. The number of rotatable bonds is 2. The van der Waals surface area contributed by atoms with Gasteiger partial charge in [0.2, 0.25) is 11.9 Å². The summed E-state index contributed by atoms with van der Waals surface area (Å²) in [6.45, 7) is 3.11. The Labute approximate surface area is 122 Å². The fourth-order valence-electron chi connectivity index (χ4n) is 2.66. The molecule has 2 aliphatic rings. The molecule has 1 fully saturated rings. The van der Waals surface area contributed by atoms with Gasteiger partial charge in [0.1, 0.15) is 0 Å². The fourth-order valence-corrected chi connectivity index (χ4v) is 2.66. The Morgan fingerprint density at radius 3 is 2.48 bits per heavy atom. The van der Waals surface area contributed by atoms with Crippen molar-refractivity contribution in [2.75, 3.05) is 36.9 Å². The molecule has 4 rings (SSSR count). The first-order valence-corrected chi connectivity index (χ1v) is 7.11. The van der Waals surface area contributed by atoms with E-state index in [4.69, 9.17) is 15.5 Å². The maximum Gasteiger partial charge on any atom is 0.226 e. The van der Waals surface area contributed by atoms with Gasteiger partial charge < -0.3 is 15.4 Å². The molecule has 2 aromatic heterocycles. The number of nitrogen functional groups attached to an aromatic ring is 1. The molecule has 0 bridgehead atoms. The van der Waals surface area contributed by atoms with Gasteiger partial charge in [-0.1, -0.05) is 0 Å². The minimum atomic E-state index is 0.278. The molecule has 0 amide bonds. The zero-order valence-corrected chi connectivity index (χ0v) is 11.6. The van der Waals surface area contributed by atoms with E-state index >= 15 is 0 Å². The Balaban J connectivity index is 1.76. The second-order valence-electron chi connectivity index (χ2n) is 5.23. The van der Waals surface area contributed by atoms with Crippen molar-refractivity contribution < 1.29 is 4.74 Å². The topological polar surface area (TPSA) is 90.0 Å². The average Bonchev–Trinajstić information content (AvgIpc) is 2.50. The second kappa shape index (κ2) is 4.92. The highest BCUT2D eigenvalue weighted by Gasteiger charge is 2.25. The number of ether oxygens (including phenoxy) is 1. The third-order valence-electron chi connectivity index (χ3n) is 3.93. The van der Waals surface area contributed by atoms with E-state index in [1.807, 2.05) is 0 Å². The molecule has 1 aliphatic heterocycles. The Kier molecular flexibility index (Phi) is 2.92. The van der Waals surface area contributed by atoms with Gasteiger partial charge in [-0.25, -0.2) is 19.9 Å². The number of nitrogens with zero attached hydrogens (tertiary/aromatic N) is 5. The lowest BCUT2D eigenvalue weighted by molar-refractivity contribution is 0.122. The van der Waals surface area contributed by atoms with Crippen LogP contribution in [0.15, 0.2) is 12.4 Å². The van der Waals surface area contributed by atoms with Crippen LogP contribution in [0.4, 0.5) is 11.9 Å². The van der Waals surface area contributed by atoms with Crippen molar-refractivity contribution in [2.45, 2.75) is 12.8 Å². The van der Waals surface area contributed by atoms with Crippen molar-refractivity contribution in [1.82, 2.24) is 19.9 Å². The second-order valence-corrected chi connectivity index (χ2v) is 5.23. The van der Waals surface area contributed by atoms with Crippen molar-refractivity contribution >= 4 is 11.9 Å². The fraction of sp³-hybridized carbons (Fsp3) is 0.429. The van der Waals surface area contributed by atoms with Crippen LogP contribution in [0.2, 0.25) is 0 Å². The number of aryl methyl sites for hydroxylation is 1. The van der Waals surface area contributed by atoms with Crippen LogP contribution in [0.25, 0.3) is 11.3 Å². The first-order chi connectivity index (χ1) is 10.3. The number of anilines is 2. The number of hydrogen-bond donors (Lipinski definition) is 1. The zero-order valence-electron chi connectivity index (χ0n) is 11.6. The zero-order chi connectivity index (χ0) is 14.2. The average molecular weight is 284 g/mol. The molecule has 0 unspecified atom stereocenters. The van der Waals surface area contributed by atoms with Crippen molar-refractivity contribution in [3.8, 4) is 11.3 Å². The minimum Gasteiger partial charge on any atom is -0.378 e. The normalized spacial score (nSPS) is 17.2. The summed E-state index contributed by atoms with van der Waals surface area (Å²) in [5.41, 5.74) is 9.74. The summed E-state index contributed by atoms with van der Waals surface area (Å²) >= 11 is 0. The molecule has 2 aromatic rings. The molecule has 0 spiro atoms. The van der Waals surface area contributed by atoms with E-state index in [1.54, 1.807) is 12.4 Å². The van der Waals surface area contributed by atoms with Crippen LogP contribution in [-0.2, 0) is 17.6 Å². The molecule has 2 N–H and O–H groups in total. The van der Waals surface area contributed by atoms with E-state index in [-0.39, 0.29) is 5.95 Å². The number of morpholine rings is 1. The van der Waals surface area contributed by atoms with E-state index in [0.29, 0.717) is 0 Å². The molecule has 108 valence electrons. The number of fused-ring (bicyclic) bond motifs is 1. The van der Waals surface area contributed by atoms with E-state index in [0.717, 1.165) is 62.0 Å². The lowest BCUT2D eigenvalue weighted by Gasteiger charge is -2.30. The summed E-state index contributed by atoms with van der Waals surface area (Å²) in [6, 6.07) is 0. The van der Waals surface area contributed by atoms with Crippen molar-refractivity contribution in [1.29, 1.82) is 0 Å². The van der Waals surface area contributed by atoms with Crippen LogP contribution >= 0.6 is 0 Å². The van der Waals surface area contributed by atoms with Crippen LogP contribution in [0.5, 0.6) is 0 Å². The molecule has 0 saturated carbocycles. The Hall–Kier alpha value is -2.28. The van der Waals surface area contributed by atoms with Gasteiger partial charge in [-0.05, 0) is 12.8 Å². The first kappa shape index (κ1) is 12.5. The van der Waals surface area contributed by atoms with Gasteiger partial charge in [-0.2, -0.15) is 0 Å². The monoisotopic (exact) mass is 284 g/mol. The highest BCUT2D eigenvalue weighted by Crippen LogP contribution is 2.32. The van der Waals surface area contributed by atoms with Gasteiger partial charge in [0.05, 0.1) is 24.6 Å². The molecule has 21 heavy (non-hydrogen) atoms. The number of nitrogens with two attached hydrogens (primary N) is 1. The highest BCUT2D eigenvalue weighted by atomic mass is 16.5. The maximum absolute atomic E-state index is 5.56. The summed E-state index contributed by atoms with van der Waals surface area (Å²) < 4.78 is 5.39. The van der Waals surface area contributed by atoms with Gasteiger partial charge in [-0.3, -0.25) is 0 Å². The molecule has 0 atom stereocenters. The van der Waals surface area contributed by atoms with Crippen molar-refractivity contribution in [2.24, 2.45) is 0 Å². The Bertz CT molecular complexity index is 666. The molecule has 0 aromatic carbocycles. The summed E-state index contributed by atoms with van der Waals surface area (Å²) in [4.78, 5) is 19.7. The van der Waals surface area contributed by atoms with Crippen LogP contribution < -0.4 is 10.6 Å². The molecule has 0 radical (unpaired) electrons. The van der Waals surface area contributed by atoms with E-state index in [9.17, 15) is 0 Å². The SMILES string of the molecule is Nc1ncc(-c2nc(N3CCOCC3)nc3c2CC3)cn1. The summed E-state index contributed by atoms with van der Waals surface area (Å²) in [6.07, 6.45) is 5.48. The summed E-state index contributed by atoms with van der Waals surface area (Å²) in [7, 11) is 0. The number of hydrogen-bond acceptors (Lipinski definition) is 7. The van der Waals surface area contributed by atoms with Crippen LogP contribution in [0, 0.1) is 0 Å². The molecule has 1 aliphatic carbocycles. The van der Waals surface area contributed by atoms with Gasteiger partial charge in [0.15, 0.2) is 0 Å². The largest absolute Gasteiger partial charge is 0.378 e. The quantitative estimate of drug-likeness (QED) is 0.856. The predicted octanol–water partition coefficient (Wildman–Crippen LogP) is 0.451. The maximum atomic E-state index is 5.56. The Morgan fingerprint density at radius 1 is 1.05 bits per heavy atom. The third kappa shape index (κ3) is 2.19. The first-order valence-electron chi connectivity index (χ1n) is 7.11. The molecule has 7 nitrogen and oxygen atoms in total.